The fraction of sp³-hybridized carbons (Fsp3) is 0.389. The maximum absolute atomic E-state index is 12.0. The summed E-state index contributed by atoms with van der Waals surface area (Å²) in [5, 5.41) is 11.8. The van der Waals surface area contributed by atoms with Gasteiger partial charge in [-0.2, -0.15) is 5.26 Å². The number of amides is 1. The Morgan fingerprint density at radius 3 is 2.50 bits per heavy atom. The van der Waals surface area contributed by atoms with Gasteiger partial charge in [-0.15, -0.1) is 0 Å². The summed E-state index contributed by atoms with van der Waals surface area (Å²) in [4.78, 5) is 23.7. The number of hydrogen-bond donors (Lipinski definition) is 1. The summed E-state index contributed by atoms with van der Waals surface area (Å²) >= 11 is 0. The van der Waals surface area contributed by atoms with Gasteiger partial charge in [0, 0.05) is 6.54 Å². The molecule has 0 aliphatic carbocycles. The maximum atomic E-state index is 12.0. The molecule has 1 N–H and O–H groups in total. The molecule has 0 aliphatic heterocycles. The highest BCUT2D eigenvalue weighted by atomic mass is 16.5. The van der Waals surface area contributed by atoms with E-state index in [0.717, 1.165) is 6.42 Å². The van der Waals surface area contributed by atoms with Crippen molar-refractivity contribution in [2.75, 3.05) is 13.2 Å². The number of nitrogens with zero attached hydrogens (tertiary/aromatic N) is 1. The van der Waals surface area contributed by atoms with Crippen LogP contribution in [0.3, 0.4) is 0 Å². The molecule has 0 heterocycles. The highest BCUT2D eigenvalue weighted by Crippen LogP contribution is 2.15. The fourth-order valence-electron chi connectivity index (χ4n) is 1.80. The number of nitrogens with one attached hydrogen (secondary N) is 1. The molecule has 1 atom stereocenters. The molecule has 128 valence electrons. The lowest BCUT2D eigenvalue weighted by Gasteiger charge is -2.12. The van der Waals surface area contributed by atoms with E-state index < -0.39 is 12.1 Å². The average Bonchev–Trinajstić information content (AvgIpc) is 2.58. The van der Waals surface area contributed by atoms with E-state index in [9.17, 15) is 9.59 Å². The Morgan fingerprint density at radius 2 is 1.96 bits per heavy atom. The first kappa shape index (κ1) is 19.2. The second-order valence-corrected chi connectivity index (χ2v) is 5.01. The molecule has 1 aromatic carbocycles. The van der Waals surface area contributed by atoms with Gasteiger partial charge in [0.05, 0.1) is 6.61 Å². The van der Waals surface area contributed by atoms with Crippen LogP contribution in [-0.2, 0) is 14.3 Å². The van der Waals surface area contributed by atoms with E-state index in [1.165, 1.54) is 13.0 Å². The van der Waals surface area contributed by atoms with E-state index in [1.807, 2.05) is 13.8 Å². The number of ether oxygens (including phenoxy) is 2. The van der Waals surface area contributed by atoms with E-state index in [2.05, 4.69) is 5.32 Å². The van der Waals surface area contributed by atoms with E-state index in [4.69, 9.17) is 14.7 Å². The Kier molecular flexibility index (Phi) is 8.06. The minimum absolute atomic E-state index is 0.172. The van der Waals surface area contributed by atoms with Crippen LogP contribution >= 0.6 is 0 Å². The second kappa shape index (κ2) is 10.1. The normalized spacial score (nSPS) is 12.0. The van der Waals surface area contributed by atoms with Crippen molar-refractivity contribution < 1.29 is 19.1 Å². The van der Waals surface area contributed by atoms with Crippen molar-refractivity contribution in [2.45, 2.75) is 33.3 Å². The minimum Gasteiger partial charge on any atom is -0.494 e. The van der Waals surface area contributed by atoms with Crippen molar-refractivity contribution in [2.24, 2.45) is 0 Å². The Labute approximate surface area is 142 Å². The van der Waals surface area contributed by atoms with E-state index in [-0.39, 0.29) is 11.5 Å². The third-order valence-electron chi connectivity index (χ3n) is 3.04. The van der Waals surface area contributed by atoms with Crippen LogP contribution in [0.1, 0.15) is 32.8 Å². The number of hydrogen-bond acceptors (Lipinski definition) is 5. The van der Waals surface area contributed by atoms with Gasteiger partial charge in [0.1, 0.15) is 17.4 Å². The molecule has 6 heteroatoms. The van der Waals surface area contributed by atoms with Crippen LogP contribution < -0.4 is 10.1 Å². The first-order valence-electron chi connectivity index (χ1n) is 7.85. The van der Waals surface area contributed by atoms with Crippen LogP contribution in [0.5, 0.6) is 5.75 Å². The SMILES string of the molecule is CCCNC(=O)[C@H](C)OC(=O)/C(C#N)=C/c1ccc(OCC)cc1. The van der Waals surface area contributed by atoms with Gasteiger partial charge in [0.15, 0.2) is 6.10 Å². The fourth-order valence-corrected chi connectivity index (χ4v) is 1.80. The molecule has 0 aromatic heterocycles. The highest BCUT2D eigenvalue weighted by molar-refractivity contribution is 5.99. The number of benzene rings is 1. The Balaban J connectivity index is 2.75. The van der Waals surface area contributed by atoms with Crippen LogP contribution in [0.25, 0.3) is 6.08 Å². The quantitative estimate of drug-likeness (QED) is 0.449. The van der Waals surface area contributed by atoms with Crippen molar-refractivity contribution in [3.63, 3.8) is 0 Å². The summed E-state index contributed by atoms with van der Waals surface area (Å²) in [7, 11) is 0. The monoisotopic (exact) mass is 330 g/mol. The third-order valence-corrected chi connectivity index (χ3v) is 3.04. The van der Waals surface area contributed by atoms with Crippen molar-refractivity contribution >= 4 is 18.0 Å². The molecule has 0 saturated carbocycles. The van der Waals surface area contributed by atoms with Crippen LogP contribution in [0.15, 0.2) is 29.8 Å². The predicted molar refractivity (Wildman–Crippen MR) is 90.1 cm³/mol. The van der Waals surface area contributed by atoms with Gasteiger partial charge in [-0.3, -0.25) is 4.79 Å². The van der Waals surface area contributed by atoms with Gasteiger partial charge in [-0.1, -0.05) is 19.1 Å². The maximum Gasteiger partial charge on any atom is 0.349 e. The number of rotatable bonds is 8. The van der Waals surface area contributed by atoms with Crippen molar-refractivity contribution in [3.05, 3.63) is 35.4 Å². The molecule has 1 rings (SSSR count). The Bertz CT molecular complexity index is 629. The Hall–Kier alpha value is -2.81. The van der Waals surface area contributed by atoms with Gasteiger partial charge < -0.3 is 14.8 Å². The highest BCUT2D eigenvalue weighted by Gasteiger charge is 2.20. The second-order valence-electron chi connectivity index (χ2n) is 5.01. The topological polar surface area (TPSA) is 88.4 Å². The van der Waals surface area contributed by atoms with Crippen LogP contribution in [0, 0.1) is 11.3 Å². The number of esters is 1. The van der Waals surface area contributed by atoms with Crippen molar-refractivity contribution in [3.8, 4) is 11.8 Å². The average molecular weight is 330 g/mol. The third kappa shape index (κ3) is 6.13. The minimum atomic E-state index is -0.957. The van der Waals surface area contributed by atoms with Crippen LogP contribution in [0.4, 0.5) is 0 Å². The van der Waals surface area contributed by atoms with E-state index >= 15 is 0 Å². The number of carbonyl (C=O) groups is 2. The molecular weight excluding hydrogens is 308 g/mol. The largest absolute Gasteiger partial charge is 0.494 e. The lowest BCUT2D eigenvalue weighted by atomic mass is 10.1. The number of carbonyl (C=O) groups excluding carboxylic acids is 2. The number of nitriles is 1. The van der Waals surface area contributed by atoms with Gasteiger partial charge in [0.25, 0.3) is 5.91 Å². The zero-order valence-electron chi connectivity index (χ0n) is 14.2. The summed E-state index contributed by atoms with van der Waals surface area (Å²) in [6, 6.07) is 8.75. The molecule has 0 bridgehead atoms. The summed E-state index contributed by atoms with van der Waals surface area (Å²) in [6.07, 6.45) is 1.24. The molecule has 0 saturated heterocycles. The molecule has 0 fully saturated rings. The van der Waals surface area contributed by atoms with E-state index in [1.54, 1.807) is 30.3 Å². The zero-order chi connectivity index (χ0) is 17.9. The van der Waals surface area contributed by atoms with E-state index in [0.29, 0.717) is 24.5 Å². The lowest BCUT2D eigenvalue weighted by Crippen LogP contribution is -2.36. The van der Waals surface area contributed by atoms with Crippen LogP contribution in [-0.4, -0.2) is 31.1 Å². The smallest absolute Gasteiger partial charge is 0.349 e. The first-order valence-corrected chi connectivity index (χ1v) is 7.85. The molecular formula is C18H22N2O4. The molecule has 0 unspecified atom stereocenters. The lowest BCUT2D eigenvalue weighted by molar-refractivity contribution is -0.150. The summed E-state index contributed by atoms with van der Waals surface area (Å²) in [6.45, 7) is 6.34. The molecule has 0 radical (unpaired) electrons. The summed E-state index contributed by atoms with van der Waals surface area (Å²) in [5.74, 6) is -0.508. The standard InChI is InChI=1S/C18H22N2O4/c1-4-10-20-17(21)13(3)24-18(22)15(12-19)11-14-6-8-16(9-7-14)23-5-2/h6-9,11,13H,4-5,10H2,1-3H3,(H,20,21)/b15-11+/t13-/m0/s1. The Morgan fingerprint density at radius 1 is 1.29 bits per heavy atom. The molecule has 0 spiro atoms. The summed E-state index contributed by atoms with van der Waals surface area (Å²) < 4.78 is 10.4. The zero-order valence-corrected chi connectivity index (χ0v) is 14.2. The molecule has 1 aromatic rings. The molecule has 24 heavy (non-hydrogen) atoms. The van der Waals surface area contributed by atoms with Gasteiger partial charge in [0.2, 0.25) is 0 Å². The van der Waals surface area contributed by atoms with Gasteiger partial charge >= 0.3 is 5.97 Å². The van der Waals surface area contributed by atoms with Crippen molar-refractivity contribution in [1.29, 1.82) is 5.26 Å². The molecule has 6 nitrogen and oxygen atoms in total. The molecule has 1 amide bonds. The van der Waals surface area contributed by atoms with Gasteiger partial charge in [-0.25, -0.2) is 4.79 Å². The van der Waals surface area contributed by atoms with Crippen LogP contribution in [0.2, 0.25) is 0 Å². The predicted octanol–water partition coefficient (Wildman–Crippen LogP) is 2.45. The van der Waals surface area contributed by atoms with Gasteiger partial charge in [-0.05, 0) is 44.0 Å². The first-order chi connectivity index (χ1) is 11.5. The summed E-state index contributed by atoms with van der Waals surface area (Å²) in [5.41, 5.74) is 0.490. The molecule has 0 aliphatic rings. The van der Waals surface area contributed by atoms with Crippen molar-refractivity contribution in [1.82, 2.24) is 5.32 Å².